The molecule has 0 N–H and O–H groups in total. The van der Waals surface area contributed by atoms with Crippen molar-refractivity contribution in [2.75, 3.05) is 0 Å². The number of carbonyl (C=O) groups is 1. The number of rotatable bonds is 2. The van der Waals surface area contributed by atoms with Gasteiger partial charge in [0, 0.05) is 0 Å². The van der Waals surface area contributed by atoms with Gasteiger partial charge in [-0.15, -0.1) is 0 Å². The fourth-order valence-corrected chi connectivity index (χ4v) is 2.04. The standard InChI is InChI=1S/C13H15BClFO3/c1-12(2)13(3,4)19-14(18-12)9-5-6-10(15)11(16)8(9)7-17/h5-7H,1-4H3. The number of hydrogen-bond acceptors (Lipinski definition) is 3. The van der Waals surface area contributed by atoms with Crippen LogP contribution in [-0.4, -0.2) is 24.6 Å². The van der Waals surface area contributed by atoms with Gasteiger partial charge >= 0.3 is 7.12 Å². The van der Waals surface area contributed by atoms with Crippen LogP contribution in [0, 0.1) is 5.82 Å². The third-order valence-electron chi connectivity index (χ3n) is 3.79. The number of hydrogen-bond donors (Lipinski definition) is 0. The molecule has 0 radical (unpaired) electrons. The molecule has 2 rings (SSSR count). The fraction of sp³-hybridized carbons (Fsp3) is 0.462. The topological polar surface area (TPSA) is 35.5 Å². The van der Waals surface area contributed by atoms with Crippen LogP contribution in [0.25, 0.3) is 0 Å². The van der Waals surface area contributed by atoms with Crippen LogP contribution in [0.5, 0.6) is 0 Å². The maximum atomic E-state index is 13.8. The Labute approximate surface area is 117 Å². The highest BCUT2D eigenvalue weighted by Crippen LogP contribution is 2.36. The Bertz CT molecular complexity index is 515. The van der Waals surface area contributed by atoms with Crippen molar-refractivity contribution >= 4 is 30.5 Å². The van der Waals surface area contributed by atoms with E-state index in [0.29, 0.717) is 11.7 Å². The molecule has 1 fully saturated rings. The van der Waals surface area contributed by atoms with Crippen LogP contribution in [-0.2, 0) is 9.31 Å². The van der Waals surface area contributed by atoms with Gasteiger partial charge in [0.1, 0.15) is 0 Å². The van der Waals surface area contributed by atoms with Crippen LogP contribution in [0.2, 0.25) is 5.02 Å². The predicted molar refractivity (Wildman–Crippen MR) is 72.5 cm³/mol. The van der Waals surface area contributed by atoms with Crippen LogP contribution in [0.1, 0.15) is 38.1 Å². The Morgan fingerprint density at radius 1 is 1.21 bits per heavy atom. The summed E-state index contributed by atoms with van der Waals surface area (Å²) in [6, 6.07) is 2.95. The molecule has 102 valence electrons. The molecule has 0 bridgehead atoms. The first-order chi connectivity index (χ1) is 8.69. The molecule has 1 aliphatic heterocycles. The Balaban J connectivity index is 2.46. The molecule has 1 aromatic carbocycles. The molecule has 6 heteroatoms. The molecule has 0 saturated carbocycles. The van der Waals surface area contributed by atoms with Crippen LogP contribution in [0.4, 0.5) is 4.39 Å². The number of halogens is 2. The van der Waals surface area contributed by atoms with E-state index in [2.05, 4.69) is 0 Å². The van der Waals surface area contributed by atoms with Crippen molar-refractivity contribution in [3.8, 4) is 0 Å². The number of benzene rings is 1. The SMILES string of the molecule is CC1(C)OB(c2ccc(Cl)c(F)c2C=O)OC1(C)C. The van der Waals surface area contributed by atoms with Gasteiger partial charge in [-0.3, -0.25) is 4.79 Å². The molecule has 1 aromatic rings. The van der Waals surface area contributed by atoms with Crippen molar-refractivity contribution in [2.24, 2.45) is 0 Å². The number of carbonyl (C=O) groups excluding carboxylic acids is 1. The molecule has 0 aliphatic carbocycles. The summed E-state index contributed by atoms with van der Waals surface area (Å²) >= 11 is 5.67. The van der Waals surface area contributed by atoms with Crippen molar-refractivity contribution in [1.29, 1.82) is 0 Å². The van der Waals surface area contributed by atoms with Gasteiger partial charge in [0.2, 0.25) is 0 Å². The first-order valence-electron chi connectivity index (χ1n) is 5.98. The van der Waals surface area contributed by atoms with Gasteiger partial charge in [0.05, 0.1) is 21.8 Å². The minimum atomic E-state index is -0.781. The highest BCUT2D eigenvalue weighted by Gasteiger charge is 2.52. The van der Waals surface area contributed by atoms with E-state index in [1.54, 1.807) is 6.07 Å². The maximum absolute atomic E-state index is 13.8. The highest BCUT2D eigenvalue weighted by atomic mass is 35.5. The van der Waals surface area contributed by atoms with E-state index < -0.39 is 24.1 Å². The molecule has 19 heavy (non-hydrogen) atoms. The molecular formula is C13H15BClFO3. The first-order valence-corrected chi connectivity index (χ1v) is 6.36. The third kappa shape index (κ3) is 2.31. The van der Waals surface area contributed by atoms with Crippen LogP contribution < -0.4 is 5.46 Å². The minimum Gasteiger partial charge on any atom is -0.399 e. The second kappa shape index (κ2) is 4.58. The van der Waals surface area contributed by atoms with E-state index in [-0.39, 0.29) is 10.6 Å². The van der Waals surface area contributed by atoms with Crippen molar-refractivity contribution in [3.63, 3.8) is 0 Å². The van der Waals surface area contributed by atoms with E-state index in [4.69, 9.17) is 20.9 Å². The highest BCUT2D eigenvalue weighted by molar-refractivity contribution is 6.63. The van der Waals surface area contributed by atoms with Gasteiger partial charge in [-0.1, -0.05) is 17.7 Å². The van der Waals surface area contributed by atoms with Crippen molar-refractivity contribution in [2.45, 2.75) is 38.9 Å². The summed E-state index contributed by atoms with van der Waals surface area (Å²) in [5, 5.41) is -0.0950. The first kappa shape index (κ1) is 14.5. The van der Waals surface area contributed by atoms with Gasteiger partial charge < -0.3 is 9.31 Å². The van der Waals surface area contributed by atoms with Gasteiger partial charge in [0.15, 0.2) is 12.1 Å². The molecule has 0 atom stereocenters. The van der Waals surface area contributed by atoms with E-state index in [1.165, 1.54) is 6.07 Å². The van der Waals surface area contributed by atoms with Crippen LogP contribution in [0.3, 0.4) is 0 Å². The quantitative estimate of drug-likeness (QED) is 0.618. The second-order valence-corrected chi connectivity index (χ2v) is 5.98. The summed E-state index contributed by atoms with van der Waals surface area (Å²) in [6.45, 7) is 7.55. The van der Waals surface area contributed by atoms with E-state index in [0.717, 1.165) is 0 Å². The lowest BCUT2D eigenvalue weighted by atomic mass is 9.76. The average molecular weight is 285 g/mol. The summed E-state index contributed by atoms with van der Waals surface area (Å²) in [7, 11) is -0.781. The van der Waals surface area contributed by atoms with Crippen molar-refractivity contribution < 1.29 is 18.5 Å². The molecule has 0 aromatic heterocycles. The Morgan fingerprint density at radius 2 is 1.74 bits per heavy atom. The fourth-order valence-electron chi connectivity index (χ4n) is 1.88. The predicted octanol–water partition coefficient (Wildman–Crippen LogP) is 2.59. The molecule has 3 nitrogen and oxygen atoms in total. The lowest BCUT2D eigenvalue weighted by Gasteiger charge is -2.32. The maximum Gasteiger partial charge on any atom is 0.495 e. The average Bonchev–Trinajstić information content (AvgIpc) is 2.51. The normalized spacial score (nSPS) is 20.6. The summed E-state index contributed by atoms with van der Waals surface area (Å²) in [5.41, 5.74) is -0.858. The van der Waals surface area contributed by atoms with Gasteiger partial charge in [-0.2, -0.15) is 0 Å². The Kier molecular flexibility index (Phi) is 3.50. The molecule has 1 aliphatic rings. The molecule has 1 saturated heterocycles. The monoisotopic (exact) mass is 284 g/mol. The summed E-state index contributed by atoms with van der Waals surface area (Å²) in [4.78, 5) is 11.1. The number of aldehydes is 1. The van der Waals surface area contributed by atoms with Crippen molar-refractivity contribution in [3.05, 3.63) is 28.5 Å². The zero-order chi connectivity index (χ0) is 14.4. The molecule has 0 unspecified atom stereocenters. The molecule has 0 spiro atoms. The molecule has 1 heterocycles. The summed E-state index contributed by atoms with van der Waals surface area (Å²) < 4.78 is 25.4. The van der Waals surface area contributed by atoms with E-state index in [1.807, 2.05) is 27.7 Å². The van der Waals surface area contributed by atoms with E-state index in [9.17, 15) is 9.18 Å². The lowest BCUT2D eigenvalue weighted by Crippen LogP contribution is -2.41. The largest absolute Gasteiger partial charge is 0.495 e. The summed E-state index contributed by atoms with van der Waals surface area (Å²) in [6.07, 6.45) is 0.432. The Morgan fingerprint density at radius 3 is 2.21 bits per heavy atom. The van der Waals surface area contributed by atoms with Crippen LogP contribution >= 0.6 is 11.6 Å². The Hall–Kier alpha value is -0.905. The van der Waals surface area contributed by atoms with Crippen molar-refractivity contribution in [1.82, 2.24) is 0 Å². The second-order valence-electron chi connectivity index (χ2n) is 5.57. The van der Waals surface area contributed by atoms with Gasteiger partial charge in [0.25, 0.3) is 0 Å². The zero-order valence-corrected chi connectivity index (χ0v) is 12.0. The minimum absolute atomic E-state index is 0.0950. The van der Waals surface area contributed by atoms with Gasteiger partial charge in [-0.05, 0) is 39.2 Å². The van der Waals surface area contributed by atoms with Crippen LogP contribution in [0.15, 0.2) is 12.1 Å². The molecule has 0 amide bonds. The zero-order valence-electron chi connectivity index (χ0n) is 11.3. The smallest absolute Gasteiger partial charge is 0.399 e. The summed E-state index contributed by atoms with van der Waals surface area (Å²) in [5.74, 6) is -0.746. The lowest BCUT2D eigenvalue weighted by molar-refractivity contribution is 0.00578. The third-order valence-corrected chi connectivity index (χ3v) is 4.08. The molecular weight excluding hydrogens is 269 g/mol. The van der Waals surface area contributed by atoms with Gasteiger partial charge in [-0.25, -0.2) is 4.39 Å². The van der Waals surface area contributed by atoms with E-state index >= 15 is 0 Å².